The van der Waals surface area contributed by atoms with Crippen LogP contribution in [0.2, 0.25) is 0 Å². The van der Waals surface area contributed by atoms with Crippen molar-refractivity contribution in [1.29, 1.82) is 0 Å². The number of halogens is 1. The van der Waals surface area contributed by atoms with E-state index < -0.39 is 10.0 Å². The van der Waals surface area contributed by atoms with Crippen LogP contribution < -0.4 is 4.90 Å². The SMILES string of the molecule is CCC(C)c1nc(C)c(Cc2ccccc2F)c(N2CCN(S(=O)(=O)CC)CC2)n1. The first-order valence-electron chi connectivity index (χ1n) is 10.6. The lowest BCUT2D eigenvalue weighted by molar-refractivity contribution is 0.384. The minimum Gasteiger partial charge on any atom is -0.354 e. The van der Waals surface area contributed by atoms with Gasteiger partial charge in [-0.2, -0.15) is 4.31 Å². The van der Waals surface area contributed by atoms with Crippen LogP contribution in [-0.2, 0) is 16.4 Å². The third-order valence-corrected chi connectivity index (χ3v) is 7.77. The quantitative estimate of drug-likeness (QED) is 0.667. The third kappa shape index (κ3) is 4.81. The van der Waals surface area contributed by atoms with Crippen molar-refractivity contribution in [2.45, 2.75) is 46.5 Å². The maximum Gasteiger partial charge on any atom is 0.213 e. The molecule has 2 heterocycles. The van der Waals surface area contributed by atoms with Gasteiger partial charge in [0.25, 0.3) is 0 Å². The van der Waals surface area contributed by atoms with Crippen LogP contribution in [0.25, 0.3) is 0 Å². The summed E-state index contributed by atoms with van der Waals surface area (Å²) in [5.74, 6) is 1.66. The number of piperazine rings is 1. The largest absolute Gasteiger partial charge is 0.354 e. The maximum atomic E-state index is 14.3. The van der Waals surface area contributed by atoms with Crippen molar-refractivity contribution in [2.75, 3.05) is 36.8 Å². The lowest BCUT2D eigenvalue weighted by atomic mass is 10.0. The fourth-order valence-corrected chi connectivity index (χ4v) is 4.75. The normalized spacial score (nSPS) is 16.6. The molecule has 0 amide bonds. The first kappa shape index (κ1) is 22.6. The molecule has 0 saturated carbocycles. The Balaban J connectivity index is 1.96. The first-order valence-corrected chi connectivity index (χ1v) is 12.2. The second-order valence-corrected chi connectivity index (χ2v) is 10.1. The van der Waals surface area contributed by atoms with E-state index in [9.17, 15) is 12.8 Å². The molecule has 0 bridgehead atoms. The molecule has 30 heavy (non-hydrogen) atoms. The van der Waals surface area contributed by atoms with E-state index in [1.165, 1.54) is 6.07 Å². The van der Waals surface area contributed by atoms with Gasteiger partial charge >= 0.3 is 0 Å². The predicted molar refractivity (Wildman–Crippen MR) is 118 cm³/mol. The average Bonchev–Trinajstić information content (AvgIpc) is 2.75. The smallest absolute Gasteiger partial charge is 0.213 e. The number of hydrogen-bond acceptors (Lipinski definition) is 5. The molecule has 164 valence electrons. The number of sulfonamides is 1. The summed E-state index contributed by atoms with van der Waals surface area (Å²) in [5, 5.41) is 0. The molecular formula is C22H31FN4O2S. The Kier molecular flexibility index (Phi) is 7.08. The number of aryl methyl sites for hydroxylation is 1. The molecule has 2 aromatic rings. The van der Waals surface area contributed by atoms with Gasteiger partial charge in [-0.25, -0.2) is 22.8 Å². The Morgan fingerprint density at radius 1 is 1.10 bits per heavy atom. The summed E-state index contributed by atoms with van der Waals surface area (Å²) >= 11 is 0. The molecule has 3 rings (SSSR count). The van der Waals surface area contributed by atoms with Crippen molar-refractivity contribution in [3.05, 3.63) is 52.7 Å². The molecule has 0 radical (unpaired) electrons. The van der Waals surface area contributed by atoms with Crippen LogP contribution in [-0.4, -0.2) is 54.6 Å². The topological polar surface area (TPSA) is 66.4 Å². The maximum absolute atomic E-state index is 14.3. The van der Waals surface area contributed by atoms with Crippen LogP contribution >= 0.6 is 0 Å². The van der Waals surface area contributed by atoms with Crippen molar-refractivity contribution in [2.24, 2.45) is 0 Å². The van der Waals surface area contributed by atoms with Crippen molar-refractivity contribution >= 4 is 15.8 Å². The van der Waals surface area contributed by atoms with Crippen LogP contribution in [0.15, 0.2) is 24.3 Å². The van der Waals surface area contributed by atoms with E-state index in [-0.39, 0.29) is 17.5 Å². The number of benzene rings is 1. The van der Waals surface area contributed by atoms with Crippen molar-refractivity contribution in [1.82, 2.24) is 14.3 Å². The number of anilines is 1. The molecule has 1 aromatic carbocycles. The van der Waals surface area contributed by atoms with Crippen molar-refractivity contribution < 1.29 is 12.8 Å². The fraction of sp³-hybridized carbons (Fsp3) is 0.545. The molecule has 8 heteroatoms. The Morgan fingerprint density at radius 3 is 2.37 bits per heavy atom. The summed E-state index contributed by atoms with van der Waals surface area (Å²) in [4.78, 5) is 11.7. The zero-order chi connectivity index (χ0) is 21.9. The summed E-state index contributed by atoms with van der Waals surface area (Å²) < 4.78 is 40.3. The number of hydrogen-bond donors (Lipinski definition) is 0. The summed E-state index contributed by atoms with van der Waals surface area (Å²) in [5.41, 5.74) is 2.36. The molecule has 0 spiro atoms. The second kappa shape index (κ2) is 9.39. The number of aromatic nitrogens is 2. The van der Waals surface area contributed by atoms with Gasteiger partial charge in [0.05, 0.1) is 5.75 Å². The molecule has 1 aromatic heterocycles. The summed E-state index contributed by atoms with van der Waals surface area (Å²) in [6, 6.07) is 6.76. The van der Waals surface area contributed by atoms with Gasteiger partial charge in [-0.1, -0.05) is 32.0 Å². The fourth-order valence-electron chi connectivity index (χ4n) is 3.67. The van der Waals surface area contributed by atoms with Crippen LogP contribution in [0.1, 0.15) is 55.8 Å². The molecule has 0 aliphatic carbocycles. The van der Waals surface area contributed by atoms with E-state index in [0.717, 1.165) is 29.3 Å². The molecular weight excluding hydrogens is 403 g/mol. The van der Waals surface area contributed by atoms with Gasteiger partial charge in [-0.15, -0.1) is 0 Å². The third-order valence-electron chi connectivity index (χ3n) is 5.88. The van der Waals surface area contributed by atoms with E-state index in [2.05, 4.69) is 18.7 Å². The second-order valence-electron chi connectivity index (χ2n) is 7.83. The molecule has 6 nitrogen and oxygen atoms in total. The van der Waals surface area contributed by atoms with Gasteiger partial charge in [0, 0.05) is 49.8 Å². The highest BCUT2D eigenvalue weighted by atomic mass is 32.2. The van der Waals surface area contributed by atoms with Gasteiger partial charge in [-0.3, -0.25) is 0 Å². The van der Waals surface area contributed by atoms with Crippen LogP contribution in [0.5, 0.6) is 0 Å². The molecule has 1 aliphatic heterocycles. The Morgan fingerprint density at radius 2 is 1.77 bits per heavy atom. The zero-order valence-electron chi connectivity index (χ0n) is 18.2. The van der Waals surface area contributed by atoms with Gasteiger partial charge in [0.1, 0.15) is 17.5 Å². The molecule has 1 fully saturated rings. The first-order chi connectivity index (χ1) is 14.3. The zero-order valence-corrected chi connectivity index (χ0v) is 19.0. The van der Waals surface area contributed by atoms with Gasteiger partial charge in [-0.05, 0) is 31.9 Å². The highest BCUT2D eigenvalue weighted by Crippen LogP contribution is 2.28. The van der Waals surface area contributed by atoms with Crippen LogP contribution in [0.4, 0.5) is 10.2 Å². The monoisotopic (exact) mass is 434 g/mol. The van der Waals surface area contributed by atoms with E-state index in [1.54, 1.807) is 23.4 Å². The summed E-state index contributed by atoms with van der Waals surface area (Å²) in [7, 11) is -3.20. The van der Waals surface area contributed by atoms with E-state index in [1.807, 2.05) is 13.0 Å². The minimum atomic E-state index is -3.20. The van der Waals surface area contributed by atoms with Crippen molar-refractivity contribution in [3.8, 4) is 0 Å². The lowest BCUT2D eigenvalue weighted by Crippen LogP contribution is -2.49. The number of nitrogens with zero attached hydrogens (tertiary/aromatic N) is 4. The number of rotatable bonds is 7. The molecule has 1 aliphatic rings. The van der Waals surface area contributed by atoms with Gasteiger partial charge < -0.3 is 4.90 Å². The summed E-state index contributed by atoms with van der Waals surface area (Å²) in [6.07, 6.45) is 1.33. The highest BCUT2D eigenvalue weighted by molar-refractivity contribution is 7.89. The Labute approximate surface area is 179 Å². The average molecular weight is 435 g/mol. The van der Waals surface area contributed by atoms with Gasteiger partial charge in [0.2, 0.25) is 10.0 Å². The molecule has 0 N–H and O–H groups in total. The van der Waals surface area contributed by atoms with E-state index >= 15 is 0 Å². The van der Waals surface area contributed by atoms with Crippen molar-refractivity contribution in [3.63, 3.8) is 0 Å². The molecule has 1 unspecified atom stereocenters. The summed E-state index contributed by atoms with van der Waals surface area (Å²) in [6.45, 7) is 9.78. The molecule has 1 atom stereocenters. The predicted octanol–water partition coefficient (Wildman–Crippen LogP) is 3.50. The van der Waals surface area contributed by atoms with E-state index in [4.69, 9.17) is 9.97 Å². The lowest BCUT2D eigenvalue weighted by Gasteiger charge is -2.36. The minimum absolute atomic E-state index is 0.107. The molecule has 1 saturated heterocycles. The highest BCUT2D eigenvalue weighted by Gasteiger charge is 2.28. The van der Waals surface area contributed by atoms with Crippen LogP contribution in [0.3, 0.4) is 0 Å². The van der Waals surface area contributed by atoms with Gasteiger partial charge in [0.15, 0.2) is 0 Å². The van der Waals surface area contributed by atoms with E-state index in [0.29, 0.717) is 38.2 Å². The Hall–Kier alpha value is -2.06. The Bertz CT molecular complexity index is 989. The van der Waals surface area contributed by atoms with Crippen LogP contribution in [0, 0.1) is 12.7 Å². The standard InChI is InChI=1S/C22H31FN4O2S/c1-5-16(3)21-24-17(4)19(15-18-9-7-8-10-20(18)23)22(25-21)26-11-13-27(14-12-26)30(28,29)6-2/h7-10,16H,5-6,11-15H2,1-4H3.